The van der Waals surface area contributed by atoms with Crippen LogP contribution in [0.2, 0.25) is 0 Å². The van der Waals surface area contributed by atoms with E-state index in [1.165, 1.54) is 0 Å². The highest BCUT2D eigenvalue weighted by Crippen LogP contribution is 2.34. The molecule has 2 atom stereocenters. The summed E-state index contributed by atoms with van der Waals surface area (Å²) >= 11 is 0. The number of nitrogens with one attached hydrogen (secondary N) is 1. The fraction of sp³-hybridized carbons (Fsp3) is 0.588. The molecular weight excluding hydrogens is 262 g/mol. The number of likely N-dealkylation sites (tertiary alicyclic amines) is 2. The number of anilines is 1. The van der Waals surface area contributed by atoms with Crippen molar-refractivity contribution in [1.82, 2.24) is 9.80 Å². The minimum Gasteiger partial charge on any atom is -0.323 e. The van der Waals surface area contributed by atoms with Gasteiger partial charge in [0, 0.05) is 43.8 Å². The second-order valence-electron chi connectivity index (χ2n) is 7.52. The first-order valence-corrected chi connectivity index (χ1v) is 7.77. The number of urea groups is 1. The monoisotopic (exact) mass is 287 g/mol. The third-order valence-corrected chi connectivity index (χ3v) is 4.33. The Bertz CT molecular complexity index is 509. The lowest BCUT2D eigenvalue weighted by molar-refractivity contribution is 0.0214. The zero-order chi connectivity index (χ0) is 15.0. The second kappa shape index (κ2) is 5.34. The van der Waals surface area contributed by atoms with E-state index in [0.717, 1.165) is 31.9 Å². The van der Waals surface area contributed by atoms with Crippen LogP contribution in [-0.2, 0) is 0 Å². The van der Waals surface area contributed by atoms with E-state index in [1.54, 1.807) is 0 Å². The van der Waals surface area contributed by atoms with Crippen molar-refractivity contribution >= 4 is 11.7 Å². The molecule has 4 nitrogen and oxygen atoms in total. The molecule has 2 aliphatic rings. The van der Waals surface area contributed by atoms with Crippen molar-refractivity contribution in [2.24, 2.45) is 11.3 Å². The quantitative estimate of drug-likeness (QED) is 0.908. The first-order chi connectivity index (χ1) is 9.92. The van der Waals surface area contributed by atoms with E-state index in [4.69, 9.17) is 0 Å². The topological polar surface area (TPSA) is 35.6 Å². The summed E-state index contributed by atoms with van der Waals surface area (Å²) in [5, 5.41) is 2.98. The van der Waals surface area contributed by atoms with E-state index in [9.17, 15) is 4.79 Å². The van der Waals surface area contributed by atoms with Gasteiger partial charge < -0.3 is 10.2 Å². The van der Waals surface area contributed by atoms with Crippen LogP contribution in [0.15, 0.2) is 30.3 Å². The van der Waals surface area contributed by atoms with Gasteiger partial charge in [0.25, 0.3) is 0 Å². The Morgan fingerprint density at radius 2 is 1.90 bits per heavy atom. The van der Waals surface area contributed by atoms with Gasteiger partial charge >= 0.3 is 6.03 Å². The lowest BCUT2D eigenvalue weighted by Gasteiger charge is -2.46. The van der Waals surface area contributed by atoms with Crippen LogP contribution >= 0.6 is 0 Å². The average Bonchev–Trinajstić information content (AvgIpc) is 2.74. The smallest absolute Gasteiger partial charge is 0.321 e. The number of hydrogen-bond donors (Lipinski definition) is 1. The number of hydrogen-bond acceptors (Lipinski definition) is 2. The molecule has 1 N–H and O–H groups in total. The van der Waals surface area contributed by atoms with Gasteiger partial charge in [0.15, 0.2) is 0 Å². The molecule has 0 radical (unpaired) electrons. The third-order valence-electron chi connectivity index (χ3n) is 4.33. The molecular formula is C17H25N3O. The number of carbonyl (C=O) groups excluding carboxylic acids is 1. The second-order valence-corrected chi connectivity index (χ2v) is 7.52. The zero-order valence-electron chi connectivity index (χ0n) is 13.2. The number of rotatable bonds is 2. The van der Waals surface area contributed by atoms with Crippen LogP contribution in [0.4, 0.5) is 10.5 Å². The highest BCUT2D eigenvalue weighted by Gasteiger charge is 2.47. The Morgan fingerprint density at radius 1 is 1.19 bits per heavy atom. The summed E-state index contributed by atoms with van der Waals surface area (Å²) in [6, 6.07) is 10.3. The van der Waals surface area contributed by atoms with Crippen molar-refractivity contribution in [3.05, 3.63) is 30.3 Å². The summed E-state index contributed by atoms with van der Waals surface area (Å²) in [6.45, 7) is 10.8. The van der Waals surface area contributed by atoms with Crippen molar-refractivity contribution in [3.63, 3.8) is 0 Å². The number of carbonyl (C=O) groups is 1. The van der Waals surface area contributed by atoms with Crippen molar-refractivity contribution in [2.75, 3.05) is 31.5 Å². The summed E-state index contributed by atoms with van der Waals surface area (Å²) in [6.07, 6.45) is 0. The van der Waals surface area contributed by atoms with Gasteiger partial charge in [-0.15, -0.1) is 0 Å². The molecule has 0 saturated carbocycles. The minimum absolute atomic E-state index is 0.0336. The molecule has 114 valence electrons. The summed E-state index contributed by atoms with van der Waals surface area (Å²) in [7, 11) is 0. The van der Waals surface area contributed by atoms with Gasteiger partial charge in [0.05, 0.1) is 0 Å². The van der Waals surface area contributed by atoms with Gasteiger partial charge in [0.1, 0.15) is 0 Å². The van der Waals surface area contributed by atoms with E-state index in [2.05, 4.69) is 31.0 Å². The van der Waals surface area contributed by atoms with Crippen molar-refractivity contribution in [3.8, 4) is 0 Å². The first kappa shape index (κ1) is 14.4. The third kappa shape index (κ3) is 3.21. The SMILES string of the molecule is CC(C)(C)CN1CC2CN(C(=O)Nc3ccccc3)CC21. The summed E-state index contributed by atoms with van der Waals surface area (Å²) in [4.78, 5) is 16.8. The molecule has 0 aromatic heterocycles. The van der Waals surface area contributed by atoms with Gasteiger partial charge in [-0.2, -0.15) is 0 Å². The number of benzene rings is 1. The van der Waals surface area contributed by atoms with E-state index in [1.807, 2.05) is 35.2 Å². The van der Waals surface area contributed by atoms with Crippen LogP contribution < -0.4 is 5.32 Å². The molecule has 0 aliphatic carbocycles. The molecule has 2 unspecified atom stereocenters. The highest BCUT2D eigenvalue weighted by atomic mass is 16.2. The van der Waals surface area contributed by atoms with E-state index in [-0.39, 0.29) is 6.03 Å². The predicted molar refractivity (Wildman–Crippen MR) is 85.3 cm³/mol. The van der Waals surface area contributed by atoms with Crippen LogP contribution in [0.1, 0.15) is 20.8 Å². The molecule has 4 heteroatoms. The molecule has 2 aliphatic heterocycles. The van der Waals surface area contributed by atoms with Gasteiger partial charge in [-0.05, 0) is 17.5 Å². The Morgan fingerprint density at radius 3 is 2.57 bits per heavy atom. The van der Waals surface area contributed by atoms with Gasteiger partial charge in [-0.25, -0.2) is 4.79 Å². The Hall–Kier alpha value is -1.55. The van der Waals surface area contributed by atoms with E-state index in [0.29, 0.717) is 17.4 Å². The lowest BCUT2D eigenvalue weighted by Crippen LogP contribution is -2.57. The fourth-order valence-corrected chi connectivity index (χ4v) is 3.43. The average molecular weight is 287 g/mol. The number of fused-ring (bicyclic) bond motifs is 1. The van der Waals surface area contributed by atoms with Gasteiger partial charge in [-0.3, -0.25) is 4.90 Å². The molecule has 2 amide bonds. The van der Waals surface area contributed by atoms with Gasteiger partial charge in [-0.1, -0.05) is 39.0 Å². The Kier molecular flexibility index (Phi) is 3.66. The number of nitrogens with zero attached hydrogens (tertiary/aromatic N) is 2. The fourth-order valence-electron chi connectivity index (χ4n) is 3.43. The maximum absolute atomic E-state index is 12.3. The summed E-state index contributed by atoms with van der Waals surface area (Å²) < 4.78 is 0. The highest BCUT2D eigenvalue weighted by molar-refractivity contribution is 5.89. The largest absolute Gasteiger partial charge is 0.323 e. The summed E-state index contributed by atoms with van der Waals surface area (Å²) in [5.41, 5.74) is 1.19. The molecule has 0 bridgehead atoms. The van der Waals surface area contributed by atoms with Gasteiger partial charge in [0.2, 0.25) is 0 Å². The van der Waals surface area contributed by atoms with Crippen LogP contribution in [0.3, 0.4) is 0 Å². The molecule has 2 saturated heterocycles. The molecule has 21 heavy (non-hydrogen) atoms. The number of para-hydroxylation sites is 1. The molecule has 2 fully saturated rings. The van der Waals surface area contributed by atoms with Crippen LogP contribution in [0.25, 0.3) is 0 Å². The van der Waals surface area contributed by atoms with Crippen molar-refractivity contribution in [1.29, 1.82) is 0 Å². The predicted octanol–water partition coefficient (Wildman–Crippen LogP) is 2.88. The maximum atomic E-state index is 12.3. The lowest BCUT2D eigenvalue weighted by atomic mass is 9.87. The molecule has 1 aromatic rings. The van der Waals surface area contributed by atoms with Crippen LogP contribution in [-0.4, -0.2) is 48.1 Å². The molecule has 0 spiro atoms. The normalized spacial score (nSPS) is 25.4. The van der Waals surface area contributed by atoms with Crippen molar-refractivity contribution in [2.45, 2.75) is 26.8 Å². The summed E-state index contributed by atoms with van der Waals surface area (Å²) in [5.74, 6) is 0.661. The number of amides is 2. The molecule has 1 aromatic carbocycles. The van der Waals surface area contributed by atoms with E-state index >= 15 is 0 Å². The molecule has 3 rings (SSSR count). The minimum atomic E-state index is 0.0336. The standard InChI is InChI=1S/C17H25N3O/c1-17(2,3)12-20-10-13-9-19(11-15(13)20)16(21)18-14-7-5-4-6-8-14/h4-8,13,15H,9-12H2,1-3H3,(H,18,21). The maximum Gasteiger partial charge on any atom is 0.321 e. The van der Waals surface area contributed by atoms with Crippen LogP contribution in [0.5, 0.6) is 0 Å². The Labute approximate surface area is 127 Å². The zero-order valence-corrected chi connectivity index (χ0v) is 13.2. The van der Waals surface area contributed by atoms with E-state index < -0.39 is 0 Å². The van der Waals surface area contributed by atoms with Crippen LogP contribution in [0, 0.1) is 11.3 Å². The van der Waals surface area contributed by atoms with Crippen molar-refractivity contribution < 1.29 is 4.79 Å². The Balaban J connectivity index is 1.54. The molecule has 2 heterocycles. The first-order valence-electron chi connectivity index (χ1n) is 7.77.